The lowest BCUT2D eigenvalue weighted by molar-refractivity contribution is 0.430. The van der Waals surface area contributed by atoms with Crippen LogP contribution in [0.25, 0.3) is 16.9 Å². The van der Waals surface area contributed by atoms with E-state index in [1.807, 2.05) is 30.3 Å². The van der Waals surface area contributed by atoms with Crippen molar-refractivity contribution < 1.29 is 4.65 Å². The second kappa shape index (κ2) is 8.67. The predicted octanol–water partition coefficient (Wildman–Crippen LogP) is 3.38. The molecule has 1 radical (unpaired) electrons. The summed E-state index contributed by atoms with van der Waals surface area (Å²) in [6, 6.07) is 9.63. The molecule has 0 saturated carbocycles. The van der Waals surface area contributed by atoms with Crippen molar-refractivity contribution >= 4 is 46.6 Å². The van der Waals surface area contributed by atoms with E-state index in [0.29, 0.717) is 5.02 Å². The van der Waals surface area contributed by atoms with Gasteiger partial charge < -0.3 is 15.2 Å². The van der Waals surface area contributed by atoms with Crippen molar-refractivity contribution in [2.24, 2.45) is 0 Å². The summed E-state index contributed by atoms with van der Waals surface area (Å²) in [6.07, 6.45) is 2.66. The molecule has 0 amide bonds. The lowest BCUT2D eigenvalue weighted by Crippen LogP contribution is -2.23. The number of nitrogens with one attached hydrogen (secondary N) is 2. The average molecular weight is 422 g/mol. The molecule has 0 atom stereocenters. The molecule has 0 bridgehead atoms. The molecule has 0 aliphatic carbocycles. The number of halogens is 2. The number of hydrogen-bond donors (Lipinski definition) is 2. The van der Waals surface area contributed by atoms with Crippen molar-refractivity contribution in [3.8, 4) is 11.3 Å². The largest absolute Gasteiger partial charge is 0.427 e. The first-order valence-electron chi connectivity index (χ1n) is 7.81. The molecule has 1 aromatic carbocycles. The van der Waals surface area contributed by atoms with Gasteiger partial charge in [0.1, 0.15) is 5.82 Å². The van der Waals surface area contributed by atoms with E-state index >= 15 is 0 Å². The standard InChI is InChI=1S/C16H17BBrClN5O/c1-25-17-21-8-4-7-20-15-9-14(11-5-2-3-6-13(11)19)23-16-12(18)10-22-24(15)16/h2-3,5-6,9-10,20-21H,4,7-8H2,1H3. The van der Waals surface area contributed by atoms with Gasteiger partial charge in [-0.2, -0.15) is 9.61 Å². The first-order valence-corrected chi connectivity index (χ1v) is 8.98. The van der Waals surface area contributed by atoms with Crippen molar-refractivity contribution in [3.05, 3.63) is 46.0 Å². The molecule has 0 fully saturated rings. The summed E-state index contributed by atoms with van der Waals surface area (Å²) >= 11 is 9.84. The molecule has 3 aromatic rings. The van der Waals surface area contributed by atoms with Crippen LogP contribution < -0.4 is 10.5 Å². The van der Waals surface area contributed by atoms with Gasteiger partial charge in [-0.1, -0.05) is 29.8 Å². The molecule has 2 aromatic heterocycles. The molecule has 0 aliphatic heterocycles. The van der Waals surface area contributed by atoms with Gasteiger partial charge in [0.25, 0.3) is 0 Å². The minimum Gasteiger partial charge on any atom is -0.427 e. The first-order chi connectivity index (χ1) is 12.2. The van der Waals surface area contributed by atoms with Gasteiger partial charge in [0, 0.05) is 30.3 Å². The molecule has 0 unspecified atom stereocenters. The van der Waals surface area contributed by atoms with Crippen LogP contribution in [0.2, 0.25) is 5.02 Å². The summed E-state index contributed by atoms with van der Waals surface area (Å²) in [5.41, 5.74) is 2.43. The Morgan fingerprint density at radius 1 is 1.32 bits per heavy atom. The van der Waals surface area contributed by atoms with Crippen LogP contribution in [-0.2, 0) is 4.65 Å². The Kier molecular flexibility index (Phi) is 6.31. The zero-order chi connectivity index (χ0) is 17.6. The number of aromatic nitrogens is 3. The molecule has 3 rings (SSSR count). The Labute approximate surface area is 160 Å². The topological polar surface area (TPSA) is 63.5 Å². The molecule has 9 heteroatoms. The third-order valence-electron chi connectivity index (χ3n) is 3.58. The maximum atomic E-state index is 6.33. The summed E-state index contributed by atoms with van der Waals surface area (Å²) in [7, 11) is 3.19. The van der Waals surface area contributed by atoms with E-state index in [0.717, 1.165) is 46.7 Å². The zero-order valence-electron chi connectivity index (χ0n) is 13.7. The molecule has 25 heavy (non-hydrogen) atoms. The number of nitrogens with zero attached hydrogens (tertiary/aromatic N) is 3. The van der Waals surface area contributed by atoms with Crippen LogP contribution in [0.1, 0.15) is 6.42 Å². The Hall–Kier alpha value is -1.61. The van der Waals surface area contributed by atoms with Gasteiger partial charge in [0.05, 0.1) is 16.4 Å². The van der Waals surface area contributed by atoms with E-state index in [2.05, 4.69) is 31.6 Å². The number of fused-ring (bicyclic) bond motifs is 1. The number of anilines is 1. The van der Waals surface area contributed by atoms with Crippen LogP contribution in [-0.4, -0.2) is 42.4 Å². The fourth-order valence-corrected chi connectivity index (χ4v) is 3.00. The van der Waals surface area contributed by atoms with Crippen LogP contribution in [0.15, 0.2) is 41.0 Å². The van der Waals surface area contributed by atoms with Crippen molar-refractivity contribution in [2.75, 3.05) is 25.5 Å². The third kappa shape index (κ3) is 4.33. The van der Waals surface area contributed by atoms with Gasteiger partial charge in [-0.05, 0) is 35.0 Å². The smallest absolute Gasteiger partial charge is 0.395 e. The molecule has 0 saturated heterocycles. The summed E-state index contributed by atoms with van der Waals surface area (Å²) in [4.78, 5) is 4.69. The summed E-state index contributed by atoms with van der Waals surface area (Å²) in [6.45, 7) is 1.60. The number of rotatable bonds is 8. The molecular formula is C16H17BBrClN5O. The van der Waals surface area contributed by atoms with Crippen LogP contribution in [0.5, 0.6) is 0 Å². The minimum absolute atomic E-state index is 0.667. The summed E-state index contributed by atoms with van der Waals surface area (Å²) in [5, 5.41) is 11.5. The average Bonchev–Trinajstić information content (AvgIpc) is 2.99. The van der Waals surface area contributed by atoms with Crippen LogP contribution >= 0.6 is 27.5 Å². The predicted molar refractivity (Wildman–Crippen MR) is 105 cm³/mol. The molecule has 129 valence electrons. The van der Waals surface area contributed by atoms with Gasteiger partial charge in [0.2, 0.25) is 0 Å². The molecule has 0 aliphatic rings. The Morgan fingerprint density at radius 2 is 2.16 bits per heavy atom. The van der Waals surface area contributed by atoms with Crippen molar-refractivity contribution in [3.63, 3.8) is 0 Å². The van der Waals surface area contributed by atoms with E-state index in [4.69, 9.17) is 21.2 Å². The van der Waals surface area contributed by atoms with E-state index in [1.54, 1.807) is 25.4 Å². The van der Waals surface area contributed by atoms with E-state index in [-0.39, 0.29) is 0 Å². The normalized spacial score (nSPS) is 11.0. The quantitative estimate of drug-likeness (QED) is 0.431. The highest BCUT2D eigenvalue weighted by Crippen LogP contribution is 2.30. The Balaban J connectivity index is 1.85. The maximum Gasteiger partial charge on any atom is 0.395 e. The minimum atomic E-state index is 0.667. The van der Waals surface area contributed by atoms with Gasteiger partial charge >= 0.3 is 7.62 Å². The van der Waals surface area contributed by atoms with Crippen molar-refractivity contribution in [2.45, 2.75) is 6.42 Å². The Morgan fingerprint density at radius 3 is 2.96 bits per heavy atom. The summed E-state index contributed by atoms with van der Waals surface area (Å²) < 4.78 is 7.46. The van der Waals surface area contributed by atoms with E-state index in [1.165, 1.54) is 0 Å². The van der Waals surface area contributed by atoms with E-state index < -0.39 is 0 Å². The zero-order valence-corrected chi connectivity index (χ0v) is 16.0. The number of hydrogen-bond acceptors (Lipinski definition) is 5. The fourth-order valence-electron chi connectivity index (χ4n) is 2.42. The number of benzene rings is 1. The molecular weight excluding hydrogens is 404 g/mol. The third-order valence-corrected chi connectivity index (χ3v) is 4.47. The van der Waals surface area contributed by atoms with Crippen molar-refractivity contribution in [1.82, 2.24) is 19.8 Å². The van der Waals surface area contributed by atoms with Gasteiger partial charge in [0.15, 0.2) is 5.65 Å². The highest BCUT2D eigenvalue weighted by Gasteiger charge is 2.12. The van der Waals surface area contributed by atoms with Crippen molar-refractivity contribution in [1.29, 1.82) is 0 Å². The molecule has 6 nitrogen and oxygen atoms in total. The van der Waals surface area contributed by atoms with Gasteiger partial charge in [-0.15, -0.1) is 0 Å². The highest BCUT2D eigenvalue weighted by atomic mass is 79.9. The van der Waals surface area contributed by atoms with E-state index in [9.17, 15) is 0 Å². The highest BCUT2D eigenvalue weighted by molar-refractivity contribution is 9.10. The first kappa shape index (κ1) is 18.2. The van der Waals surface area contributed by atoms with Crippen LogP contribution in [0.4, 0.5) is 5.82 Å². The summed E-state index contributed by atoms with van der Waals surface area (Å²) in [5.74, 6) is 0.862. The fraction of sp³-hybridized carbons (Fsp3) is 0.250. The van der Waals surface area contributed by atoms with Gasteiger partial charge in [-0.25, -0.2) is 4.98 Å². The maximum absolute atomic E-state index is 6.33. The van der Waals surface area contributed by atoms with Crippen LogP contribution in [0.3, 0.4) is 0 Å². The second-order valence-corrected chi connectivity index (χ2v) is 6.58. The van der Waals surface area contributed by atoms with Crippen LogP contribution in [0, 0.1) is 0 Å². The molecule has 2 N–H and O–H groups in total. The lowest BCUT2D eigenvalue weighted by Gasteiger charge is -2.11. The lowest BCUT2D eigenvalue weighted by atomic mass is 10.1. The second-order valence-electron chi connectivity index (χ2n) is 5.32. The van der Waals surface area contributed by atoms with Gasteiger partial charge in [-0.3, -0.25) is 0 Å². The molecule has 2 heterocycles. The Bertz CT molecular complexity index is 860. The SMILES string of the molecule is CO[B]NCCCNc1cc(-c2ccccc2Cl)nc2c(Br)cnn12. The monoisotopic (exact) mass is 420 g/mol. The molecule has 0 spiro atoms.